The molecule has 3 rings (SSSR count). The number of alkyl halides is 3. The summed E-state index contributed by atoms with van der Waals surface area (Å²) in [6, 6.07) is 10.3. The van der Waals surface area contributed by atoms with Gasteiger partial charge in [0.1, 0.15) is 6.61 Å². The van der Waals surface area contributed by atoms with Gasteiger partial charge in [0.15, 0.2) is 0 Å². The van der Waals surface area contributed by atoms with Crippen molar-refractivity contribution in [3.63, 3.8) is 0 Å². The van der Waals surface area contributed by atoms with E-state index in [2.05, 4.69) is 0 Å². The minimum Gasteiger partial charge on any atom is -0.481 e. The first-order valence-corrected chi connectivity index (χ1v) is 9.93. The normalized spacial score (nSPS) is 11.7. The number of hydrogen-bond acceptors (Lipinski definition) is 3. The summed E-state index contributed by atoms with van der Waals surface area (Å²) >= 11 is 0. The second kappa shape index (κ2) is 9.44. The number of fused-ring (bicyclic) bond motifs is 1. The van der Waals surface area contributed by atoms with Gasteiger partial charge in [-0.3, -0.25) is 9.59 Å². The molecule has 170 valence electrons. The van der Waals surface area contributed by atoms with Gasteiger partial charge in [-0.25, -0.2) is 0 Å². The Bertz CT molecular complexity index is 1140. The summed E-state index contributed by atoms with van der Waals surface area (Å²) in [6.07, 6.45) is -3.32. The second-order valence-electron chi connectivity index (χ2n) is 7.29. The molecule has 3 aromatic rings. The van der Waals surface area contributed by atoms with E-state index in [4.69, 9.17) is 4.74 Å². The molecule has 0 radical (unpaired) electrons. The number of para-hydroxylation sites is 1. The number of amides is 1. The summed E-state index contributed by atoms with van der Waals surface area (Å²) in [5.74, 6) is -1.30. The molecule has 1 heterocycles. The molecule has 2 aromatic carbocycles. The molecule has 1 aromatic heterocycles. The molecular weight excluding hydrogens is 425 g/mol. The maximum atomic E-state index is 13.4. The van der Waals surface area contributed by atoms with Crippen molar-refractivity contribution in [3.8, 4) is 5.69 Å². The number of likely N-dealkylation sites (N-methyl/N-ethyl adjacent to an activating group) is 1. The molecule has 0 saturated carbocycles. The minimum atomic E-state index is -4.54. The van der Waals surface area contributed by atoms with E-state index in [9.17, 15) is 27.9 Å². The molecule has 0 aliphatic carbocycles. The highest BCUT2D eigenvalue weighted by Crippen LogP contribution is 2.34. The van der Waals surface area contributed by atoms with Gasteiger partial charge in [0.25, 0.3) is 0 Å². The van der Waals surface area contributed by atoms with E-state index in [0.717, 1.165) is 12.1 Å². The van der Waals surface area contributed by atoms with E-state index in [-0.39, 0.29) is 31.0 Å². The van der Waals surface area contributed by atoms with Crippen LogP contribution < -0.4 is 0 Å². The number of halogens is 3. The fraction of sp³-hybridized carbons (Fsp3) is 0.304. The number of hydrogen-bond donors (Lipinski definition) is 1. The molecule has 0 aliphatic heterocycles. The maximum absolute atomic E-state index is 13.4. The number of carboxylic acid groups (broad SMARTS) is 1. The van der Waals surface area contributed by atoms with Gasteiger partial charge in [-0.1, -0.05) is 24.3 Å². The number of rotatable bonds is 8. The van der Waals surface area contributed by atoms with Crippen LogP contribution >= 0.6 is 0 Å². The Balaban J connectivity index is 2.16. The van der Waals surface area contributed by atoms with E-state index < -0.39 is 17.7 Å². The number of carboxylic acids is 1. The van der Waals surface area contributed by atoms with Crippen molar-refractivity contribution in [1.82, 2.24) is 9.47 Å². The van der Waals surface area contributed by atoms with Crippen LogP contribution in [-0.2, 0) is 33.5 Å². The summed E-state index contributed by atoms with van der Waals surface area (Å²) in [4.78, 5) is 25.2. The van der Waals surface area contributed by atoms with Crippen molar-refractivity contribution in [1.29, 1.82) is 0 Å². The summed E-state index contributed by atoms with van der Waals surface area (Å²) in [7, 11) is 1.42. The highest BCUT2D eigenvalue weighted by molar-refractivity contribution is 5.89. The van der Waals surface area contributed by atoms with Gasteiger partial charge in [-0.2, -0.15) is 13.2 Å². The number of benzene rings is 2. The number of aliphatic carboxylic acids is 1. The summed E-state index contributed by atoms with van der Waals surface area (Å²) in [6.45, 7) is 2.38. The highest BCUT2D eigenvalue weighted by atomic mass is 19.4. The van der Waals surface area contributed by atoms with E-state index in [0.29, 0.717) is 28.7 Å². The molecule has 0 atom stereocenters. The molecule has 0 aliphatic rings. The molecule has 1 N–H and O–H groups in total. The lowest BCUT2D eigenvalue weighted by molar-refractivity contribution is -0.138. The Labute approximate surface area is 182 Å². The van der Waals surface area contributed by atoms with Gasteiger partial charge in [0.05, 0.1) is 23.2 Å². The van der Waals surface area contributed by atoms with Crippen molar-refractivity contribution in [3.05, 3.63) is 65.4 Å². The van der Waals surface area contributed by atoms with Crippen LogP contribution in [0.25, 0.3) is 16.6 Å². The molecule has 1 amide bonds. The zero-order chi connectivity index (χ0) is 23.5. The van der Waals surface area contributed by atoms with Crippen LogP contribution in [0.4, 0.5) is 13.2 Å². The van der Waals surface area contributed by atoms with Crippen LogP contribution in [-0.4, -0.2) is 46.7 Å². The van der Waals surface area contributed by atoms with Gasteiger partial charge in [-0.05, 0) is 36.2 Å². The van der Waals surface area contributed by atoms with E-state index in [1.807, 2.05) is 6.92 Å². The summed E-state index contributed by atoms with van der Waals surface area (Å²) < 4.78 is 46.6. The smallest absolute Gasteiger partial charge is 0.416 e. The van der Waals surface area contributed by atoms with Gasteiger partial charge < -0.3 is 19.3 Å². The van der Waals surface area contributed by atoms with E-state index >= 15 is 0 Å². The van der Waals surface area contributed by atoms with Crippen molar-refractivity contribution >= 4 is 22.8 Å². The lowest BCUT2D eigenvalue weighted by Crippen LogP contribution is -2.33. The quantitative estimate of drug-likeness (QED) is 0.559. The number of nitrogens with zero attached hydrogens (tertiary/aromatic N) is 2. The topological polar surface area (TPSA) is 71.8 Å². The number of carbonyl (C=O) groups excluding carboxylic acids is 1. The molecular formula is C23H23F3N2O4. The van der Waals surface area contributed by atoms with Crippen LogP contribution in [0, 0.1) is 0 Å². The number of aromatic nitrogens is 1. The van der Waals surface area contributed by atoms with Crippen LogP contribution in [0.2, 0.25) is 0 Å². The average Bonchev–Trinajstić information content (AvgIpc) is 3.08. The van der Waals surface area contributed by atoms with Crippen molar-refractivity contribution in [2.75, 3.05) is 20.3 Å². The third-order valence-electron chi connectivity index (χ3n) is 5.17. The molecule has 0 spiro atoms. The standard InChI is InChI=1S/C23H23F3N2O4/c1-3-27(21(29)14-32-2)12-15-6-4-5-7-19(15)28-13-16(10-22(30)31)18-9-8-17(11-20(18)28)23(24,25)26/h4-9,11,13H,3,10,12,14H2,1-2H3,(H,30,31). The van der Waals surface area contributed by atoms with Gasteiger partial charge >= 0.3 is 12.1 Å². The molecule has 9 heteroatoms. The van der Waals surface area contributed by atoms with Crippen molar-refractivity contribution in [2.45, 2.75) is 26.1 Å². The third-order valence-corrected chi connectivity index (χ3v) is 5.17. The first-order chi connectivity index (χ1) is 15.2. The minimum absolute atomic E-state index is 0.0832. The van der Waals surface area contributed by atoms with Gasteiger partial charge in [0.2, 0.25) is 5.91 Å². The summed E-state index contributed by atoms with van der Waals surface area (Å²) in [5, 5.41) is 9.69. The first-order valence-electron chi connectivity index (χ1n) is 9.93. The van der Waals surface area contributed by atoms with Gasteiger partial charge in [-0.15, -0.1) is 0 Å². The second-order valence-corrected chi connectivity index (χ2v) is 7.29. The van der Waals surface area contributed by atoms with Crippen LogP contribution in [0.15, 0.2) is 48.7 Å². The van der Waals surface area contributed by atoms with Crippen LogP contribution in [0.5, 0.6) is 0 Å². The fourth-order valence-electron chi connectivity index (χ4n) is 3.65. The predicted molar refractivity (Wildman–Crippen MR) is 113 cm³/mol. The molecule has 0 fully saturated rings. The maximum Gasteiger partial charge on any atom is 0.416 e. The Morgan fingerprint density at radius 2 is 1.84 bits per heavy atom. The molecule has 0 unspecified atom stereocenters. The molecule has 0 bridgehead atoms. The average molecular weight is 448 g/mol. The highest BCUT2D eigenvalue weighted by Gasteiger charge is 2.31. The SMILES string of the molecule is CCN(Cc1ccccc1-n1cc(CC(=O)O)c2ccc(C(F)(F)F)cc21)C(=O)COC. The summed E-state index contributed by atoms with van der Waals surface area (Å²) in [5.41, 5.74) is 1.09. The Morgan fingerprint density at radius 1 is 1.12 bits per heavy atom. The van der Waals surface area contributed by atoms with Crippen LogP contribution in [0.1, 0.15) is 23.6 Å². The Morgan fingerprint density at radius 3 is 2.47 bits per heavy atom. The largest absolute Gasteiger partial charge is 0.481 e. The monoisotopic (exact) mass is 448 g/mol. The fourth-order valence-corrected chi connectivity index (χ4v) is 3.65. The number of methoxy groups -OCH3 is 1. The van der Waals surface area contributed by atoms with Crippen molar-refractivity contribution in [2.24, 2.45) is 0 Å². The lowest BCUT2D eigenvalue weighted by atomic mass is 10.1. The Hall–Kier alpha value is -3.33. The first kappa shape index (κ1) is 23.3. The van der Waals surface area contributed by atoms with Crippen LogP contribution in [0.3, 0.4) is 0 Å². The van der Waals surface area contributed by atoms with E-state index in [1.165, 1.54) is 13.2 Å². The molecule has 6 nitrogen and oxygen atoms in total. The number of ether oxygens (including phenoxy) is 1. The zero-order valence-electron chi connectivity index (χ0n) is 17.6. The van der Waals surface area contributed by atoms with Gasteiger partial charge in [0, 0.05) is 31.8 Å². The number of carbonyl (C=O) groups is 2. The predicted octanol–water partition coefficient (Wildman–Crippen LogP) is 4.27. The van der Waals surface area contributed by atoms with E-state index in [1.54, 1.807) is 39.9 Å². The zero-order valence-corrected chi connectivity index (χ0v) is 17.6. The third kappa shape index (κ3) is 4.94. The Kier molecular flexibility index (Phi) is 6.88. The molecule has 0 saturated heterocycles. The molecule has 32 heavy (non-hydrogen) atoms. The lowest BCUT2D eigenvalue weighted by Gasteiger charge is -2.22. The van der Waals surface area contributed by atoms with Crippen molar-refractivity contribution < 1.29 is 32.6 Å².